The molecule has 1 aromatic rings. The van der Waals surface area contributed by atoms with Crippen LogP contribution in [-0.2, 0) is 4.79 Å². The molecule has 1 amide bonds. The van der Waals surface area contributed by atoms with Crippen LogP contribution in [0.3, 0.4) is 0 Å². The Hall–Kier alpha value is -1.10. The minimum atomic E-state index is 0.0181. The van der Waals surface area contributed by atoms with E-state index < -0.39 is 0 Å². The van der Waals surface area contributed by atoms with Crippen molar-refractivity contribution < 1.29 is 4.79 Å². The summed E-state index contributed by atoms with van der Waals surface area (Å²) in [5, 5.41) is 3.48. The van der Waals surface area contributed by atoms with Crippen molar-refractivity contribution in [3.05, 3.63) is 29.3 Å². The first-order chi connectivity index (χ1) is 9.72. The molecule has 2 heterocycles. The van der Waals surface area contributed by atoms with E-state index in [1.165, 1.54) is 19.4 Å². The van der Waals surface area contributed by atoms with Gasteiger partial charge in [-0.3, -0.25) is 14.6 Å². The molecule has 2 aliphatic rings. The van der Waals surface area contributed by atoms with Gasteiger partial charge >= 0.3 is 0 Å². The van der Waals surface area contributed by atoms with Crippen molar-refractivity contribution in [3.8, 4) is 0 Å². The second kappa shape index (κ2) is 6.12. The number of nitrogens with zero attached hydrogens (tertiary/aromatic N) is 2. The van der Waals surface area contributed by atoms with E-state index in [0.29, 0.717) is 23.3 Å². The van der Waals surface area contributed by atoms with Gasteiger partial charge in [-0.15, -0.1) is 0 Å². The topological polar surface area (TPSA) is 35.6 Å². The predicted octanol–water partition coefficient (Wildman–Crippen LogP) is 2.06. The number of para-hydroxylation sites is 1. The Bertz CT molecular complexity index is 494. The van der Waals surface area contributed by atoms with Crippen molar-refractivity contribution in [2.45, 2.75) is 18.9 Å². The molecule has 0 bridgehead atoms. The molecule has 1 aromatic carbocycles. The fraction of sp³-hybridized carbons (Fsp3) is 0.533. The van der Waals surface area contributed by atoms with Gasteiger partial charge in [-0.1, -0.05) is 23.7 Å². The zero-order chi connectivity index (χ0) is 13.9. The van der Waals surface area contributed by atoms with Crippen molar-refractivity contribution in [3.63, 3.8) is 0 Å². The number of piperazine rings is 1. The smallest absolute Gasteiger partial charge is 0.238 e. The number of anilines is 1. The van der Waals surface area contributed by atoms with Gasteiger partial charge in [0.2, 0.25) is 5.91 Å². The largest absolute Gasteiger partial charge is 0.324 e. The molecule has 1 N–H and O–H groups in total. The molecule has 1 atom stereocenters. The highest BCUT2D eigenvalue weighted by Gasteiger charge is 2.30. The van der Waals surface area contributed by atoms with E-state index in [0.717, 1.165) is 19.6 Å². The number of carbonyl (C=O) groups excluding carboxylic acids is 1. The average molecular weight is 294 g/mol. The summed E-state index contributed by atoms with van der Waals surface area (Å²) < 4.78 is 0. The molecule has 0 aliphatic carbocycles. The van der Waals surface area contributed by atoms with Gasteiger partial charge in [-0.2, -0.15) is 0 Å². The van der Waals surface area contributed by atoms with Gasteiger partial charge in [0.05, 0.1) is 17.3 Å². The number of rotatable bonds is 3. The van der Waals surface area contributed by atoms with Crippen LogP contribution in [0.4, 0.5) is 5.69 Å². The van der Waals surface area contributed by atoms with Crippen molar-refractivity contribution in [2.75, 3.05) is 38.0 Å². The fourth-order valence-electron chi connectivity index (χ4n) is 3.15. The summed E-state index contributed by atoms with van der Waals surface area (Å²) in [7, 11) is 0. The van der Waals surface area contributed by atoms with Crippen LogP contribution in [0.25, 0.3) is 0 Å². The van der Waals surface area contributed by atoms with Gasteiger partial charge in [0, 0.05) is 25.7 Å². The number of nitrogens with one attached hydrogen (secondary N) is 1. The predicted molar refractivity (Wildman–Crippen MR) is 81.1 cm³/mol. The highest BCUT2D eigenvalue weighted by Crippen LogP contribution is 2.22. The van der Waals surface area contributed by atoms with Crippen LogP contribution >= 0.6 is 11.6 Å². The minimum absolute atomic E-state index is 0.0181. The lowest BCUT2D eigenvalue weighted by atomic mass is 10.1. The van der Waals surface area contributed by atoms with Crippen molar-refractivity contribution in [1.29, 1.82) is 0 Å². The van der Waals surface area contributed by atoms with Gasteiger partial charge in [0.1, 0.15) is 0 Å². The Morgan fingerprint density at radius 2 is 2.15 bits per heavy atom. The molecule has 0 saturated carbocycles. The summed E-state index contributed by atoms with van der Waals surface area (Å²) in [5.41, 5.74) is 0.693. The number of fused-ring (bicyclic) bond motifs is 1. The third kappa shape index (κ3) is 3.14. The first-order valence-corrected chi connectivity index (χ1v) is 7.61. The molecule has 3 rings (SSSR count). The number of hydrogen-bond donors (Lipinski definition) is 1. The molecule has 4 nitrogen and oxygen atoms in total. The van der Waals surface area contributed by atoms with E-state index in [4.69, 9.17) is 11.6 Å². The Morgan fingerprint density at radius 1 is 1.30 bits per heavy atom. The SMILES string of the molecule is O=C(CN1CCN2CCCC2C1)Nc1ccccc1Cl. The second-order valence-corrected chi connectivity index (χ2v) is 6.00. The van der Waals surface area contributed by atoms with E-state index in [9.17, 15) is 4.79 Å². The molecular weight excluding hydrogens is 274 g/mol. The summed E-state index contributed by atoms with van der Waals surface area (Å²) in [6.45, 7) is 4.76. The monoisotopic (exact) mass is 293 g/mol. The zero-order valence-corrected chi connectivity index (χ0v) is 12.3. The molecular formula is C15H20ClN3O. The Balaban J connectivity index is 1.53. The molecule has 20 heavy (non-hydrogen) atoms. The quantitative estimate of drug-likeness (QED) is 0.926. The zero-order valence-electron chi connectivity index (χ0n) is 11.5. The van der Waals surface area contributed by atoms with Crippen LogP contribution in [0.15, 0.2) is 24.3 Å². The lowest BCUT2D eigenvalue weighted by Gasteiger charge is -2.37. The first-order valence-electron chi connectivity index (χ1n) is 7.23. The molecule has 2 aliphatic heterocycles. The van der Waals surface area contributed by atoms with Crippen LogP contribution in [0.1, 0.15) is 12.8 Å². The van der Waals surface area contributed by atoms with Gasteiger partial charge in [0.15, 0.2) is 0 Å². The lowest BCUT2D eigenvalue weighted by molar-refractivity contribution is -0.117. The van der Waals surface area contributed by atoms with Crippen LogP contribution in [0, 0.1) is 0 Å². The standard InChI is InChI=1S/C15H20ClN3O/c16-13-5-1-2-6-14(13)17-15(20)11-18-8-9-19-7-3-4-12(19)10-18/h1-2,5-6,12H,3-4,7-11H2,(H,17,20). The second-order valence-electron chi connectivity index (χ2n) is 5.60. The van der Waals surface area contributed by atoms with Crippen molar-refractivity contribution >= 4 is 23.2 Å². The normalized spacial score (nSPS) is 23.6. The summed E-state index contributed by atoms with van der Waals surface area (Å²) in [6, 6.07) is 8.00. The summed E-state index contributed by atoms with van der Waals surface area (Å²) >= 11 is 6.05. The van der Waals surface area contributed by atoms with Crippen molar-refractivity contribution in [2.24, 2.45) is 0 Å². The maximum absolute atomic E-state index is 12.1. The molecule has 0 radical (unpaired) electrons. The third-order valence-electron chi connectivity index (χ3n) is 4.19. The molecule has 1 unspecified atom stereocenters. The van der Waals surface area contributed by atoms with E-state index in [1.54, 1.807) is 6.07 Å². The minimum Gasteiger partial charge on any atom is -0.324 e. The summed E-state index contributed by atoms with van der Waals surface area (Å²) in [4.78, 5) is 16.9. The summed E-state index contributed by atoms with van der Waals surface area (Å²) in [5.74, 6) is 0.0181. The van der Waals surface area contributed by atoms with Gasteiger partial charge in [0.25, 0.3) is 0 Å². The number of halogens is 1. The molecule has 0 aromatic heterocycles. The van der Waals surface area contributed by atoms with Crippen molar-refractivity contribution in [1.82, 2.24) is 9.80 Å². The molecule has 108 valence electrons. The Labute approximate surface area is 124 Å². The van der Waals surface area contributed by atoms with Gasteiger partial charge in [-0.05, 0) is 31.5 Å². The van der Waals surface area contributed by atoms with Crippen LogP contribution < -0.4 is 5.32 Å². The Kier molecular flexibility index (Phi) is 4.24. The van der Waals surface area contributed by atoms with Crippen LogP contribution in [0.2, 0.25) is 5.02 Å². The molecule has 2 saturated heterocycles. The maximum atomic E-state index is 12.1. The average Bonchev–Trinajstić information content (AvgIpc) is 2.89. The first kappa shape index (κ1) is 13.9. The number of benzene rings is 1. The summed E-state index contributed by atoms with van der Waals surface area (Å²) in [6.07, 6.45) is 2.56. The Morgan fingerprint density at radius 3 is 3.00 bits per heavy atom. The fourth-order valence-corrected chi connectivity index (χ4v) is 3.34. The van der Waals surface area contributed by atoms with E-state index in [1.807, 2.05) is 18.2 Å². The third-order valence-corrected chi connectivity index (χ3v) is 4.52. The van der Waals surface area contributed by atoms with Crippen LogP contribution in [0.5, 0.6) is 0 Å². The maximum Gasteiger partial charge on any atom is 0.238 e. The molecule has 5 heteroatoms. The number of amides is 1. The highest BCUT2D eigenvalue weighted by atomic mass is 35.5. The van der Waals surface area contributed by atoms with E-state index in [-0.39, 0.29) is 5.91 Å². The van der Waals surface area contributed by atoms with Gasteiger partial charge in [-0.25, -0.2) is 0 Å². The number of hydrogen-bond acceptors (Lipinski definition) is 3. The van der Waals surface area contributed by atoms with E-state index >= 15 is 0 Å². The molecule has 2 fully saturated rings. The van der Waals surface area contributed by atoms with Crippen LogP contribution in [-0.4, -0.2) is 54.5 Å². The lowest BCUT2D eigenvalue weighted by Crippen LogP contribution is -2.51. The highest BCUT2D eigenvalue weighted by molar-refractivity contribution is 6.33. The molecule has 0 spiro atoms. The number of carbonyl (C=O) groups is 1. The van der Waals surface area contributed by atoms with E-state index in [2.05, 4.69) is 15.1 Å². The van der Waals surface area contributed by atoms with Gasteiger partial charge < -0.3 is 5.32 Å².